The molecular weight excluding hydrogens is 269 g/mol. The minimum Gasteiger partial charge on any atom is -0.311 e. The van der Waals surface area contributed by atoms with Crippen molar-refractivity contribution < 1.29 is 13.2 Å². The average Bonchev–Trinajstić information content (AvgIpc) is 2.86. The summed E-state index contributed by atoms with van der Waals surface area (Å²) in [5, 5.41) is 10.6. The molecule has 1 heterocycles. The zero-order valence-corrected chi connectivity index (χ0v) is 11.0. The van der Waals surface area contributed by atoms with Crippen LogP contribution in [0.4, 0.5) is 13.2 Å². The highest BCUT2D eigenvalue weighted by Crippen LogP contribution is 2.33. The van der Waals surface area contributed by atoms with Crippen molar-refractivity contribution >= 4 is 0 Å². The lowest BCUT2D eigenvalue weighted by Crippen LogP contribution is -2.18. The normalized spacial score (nSPS) is 11.8. The fraction of sp³-hybridized carbons (Fsp3) is 0.385. The Kier molecular flexibility index (Phi) is 4.39. The van der Waals surface area contributed by atoms with Gasteiger partial charge in [0.05, 0.1) is 23.1 Å². The van der Waals surface area contributed by atoms with Gasteiger partial charge in [-0.2, -0.15) is 13.2 Å². The predicted octanol–water partition coefficient (Wildman–Crippen LogP) is 2.79. The van der Waals surface area contributed by atoms with Gasteiger partial charge in [0.15, 0.2) is 0 Å². The molecule has 0 radical (unpaired) electrons. The standard InChI is InChI=1S/C13H15F3N4/c1-2-7-17-8-10-9-18-19-20(10)12-6-4-3-5-11(12)13(14,15)16/h3-6,9,17H,2,7-8H2,1H3. The number of hydrogen-bond acceptors (Lipinski definition) is 3. The smallest absolute Gasteiger partial charge is 0.311 e. The topological polar surface area (TPSA) is 42.7 Å². The molecular formula is C13H15F3N4. The third kappa shape index (κ3) is 3.16. The van der Waals surface area contributed by atoms with E-state index < -0.39 is 11.7 Å². The molecule has 0 amide bonds. The molecule has 0 unspecified atom stereocenters. The number of para-hydroxylation sites is 1. The first-order chi connectivity index (χ1) is 9.54. The zero-order chi connectivity index (χ0) is 14.6. The van der Waals surface area contributed by atoms with Gasteiger partial charge in [0.2, 0.25) is 0 Å². The fourth-order valence-electron chi connectivity index (χ4n) is 1.87. The molecule has 1 aromatic carbocycles. The molecule has 0 bridgehead atoms. The first-order valence-electron chi connectivity index (χ1n) is 6.31. The predicted molar refractivity (Wildman–Crippen MR) is 68.4 cm³/mol. The number of halogens is 3. The number of rotatable bonds is 5. The lowest BCUT2D eigenvalue weighted by Gasteiger charge is -2.14. The molecule has 1 N–H and O–H groups in total. The van der Waals surface area contributed by atoms with Crippen molar-refractivity contribution in [3.8, 4) is 5.69 Å². The van der Waals surface area contributed by atoms with Crippen LogP contribution in [0.3, 0.4) is 0 Å². The van der Waals surface area contributed by atoms with Crippen molar-refractivity contribution in [3.05, 3.63) is 41.7 Å². The number of nitrogens with one attached hydrogen (secondary N) is 1. The maximum Gasteiger partial charge on any atom is 0.418 e. The maximum atomic E-state index is 13.0. The quantitative estimate of drug-likeness (QED) is 0.859. The lowest BCUT2D eigenvalue weighted by atomic mass is 10.1. The van der Waals surface area contributed by atoms with E-state index >= 15 is 0 Å². The summed E-state index contributed by atoms with van der Waals surface area (Å²) in [6, 6.07) is 5.34. The summed E-state index contributed by atoms with van der Waals surface area (Å²) in [6.07, 6.45) is -2.01. The van der Waals surface area contributed by atoms with Gasteiger partial charge < -0.3 is 5.32 Å². The molecule has 1 aromatic heterocycles. The highest BCUT2D eigenvalue weighted by molar-refractivity contribution is 5.42. The van der Waals surface area contributed by atoms with Crippen LogP contribution in [-0.2, 0) is 12.7 Å². The van der Waals surface area contributed by atoms with Crippen LogP contribution in [0.1, 0.15) is 24.6 Å². The van der Waals surface area contributed by atoms with Crippen molar-refractivity contribution in [1.82, 2.24) is 20.3 Å². The second-order valence-corrected chi connectivity index (χ2v) is 4.33. The molecule has 2 aromatic rings. The van der Waals surface area contributed by atoms with Crippen molar-refractivity contribution in [1.29, 1.82) is 0 Å². The largest absolute Gasteiger partial charge is 0.418 e. The Morgan fingerprint density at radius 3 is 2.70 bits per heavy atom. The Balaban J connectivity index is 2.35. The number of aromatic nitrogens is 3. The van der Waals surface area contributed by atoms with E-state index in [9.17, 15) is 13.2 Å². The van der Waals surface area contributed by atoms with E-state index in [4.69, 9.17) is 0 Å². The van der Waals surface area contributed by atoms with Crippen LogP contribution in [0.15, 0.2) is 30.5 Å². The van der Waals surface area contributed by atoms with Crippen LogP contribution >= 0.6 is 0 Å². The lowest BCUT2D eigenvalue weighted by molar-refractivity contribution is -0.137. The molecule has 4 nitrogen and oxygen atoms in total. The Morgan fingerprint density at radius 1 is 1.25 bits per heavy atom. The third-order valence-electron chi connectivity index (χ3n) is 2.79. The fourth-order valence-corrected chi connectivity index (χ4v) is 1.87. The van der Waals surface area contributed by atoms with E-state index in [0.29, 0.717) is 12.2 Å². The van der Waals surface area contributed by atoms with Gasteiger partial charge in [-0.1, -0.05) is 24.3 Å². The molecule has 0 aliphatic rings. The zero-order valence-electron chi connectivity index (χ0n) is 11.0. The third-order valence-corrected chi connectivity index (χ3v) is 2.79. The summed E-state index contributed by atoms with van der Waals surface area (Å²) in [4.78, 5) is 0. The number of alkyl halides is 3. The molecule has 20 heavy (non-hydrogen) atoms. The van der Waals surface area contributed by atoms with E-state index in [1.54, 1.807) is 6.07 Å². The summed E-state index contributed by atoms with van der Waals surface area (Å²) in [7, 11) is 0. The number of nitrogens with zero attached hydrogens (tertiary/aromatic N) is 3. The highest BCUT2D eigenvalue weighted by atomic mass is 19.4. The van der Waals surface area contributed by atoms with Crippen LogP contribution < -0.4 is 5.32 Å². The van der Waals surface area contributed by atoms with Crippen LogP contribution in [0, 0.1) is 0 Å². The summed E-state index contributed by atoms with van der Waals surface area (Å²) in [5.41, 5.74) is -0.136. The Labute approximate surface area is 114 Å². The van der Waals surface area contributed by atoms with Crippen LogP contribution in [0.5, 0.6) is 0 Å². The molecule has 2 rings (SSSR count). The van der Waals surface area contributed by atoms with E-state index in [1.165, 1.54) is 23.0 Å². The van der Waals surface area contributed by atoms with Crippen LogP contribution in [-0.4, -0.2) is 21.5 Å². The SMILES string of the molecule is CCCNCc1cnnn1-c1ccccc1C(F)(F)F. The van der Waals surface area contributed by atoms with Crippen molar-refractivity contribution in [3.63, 3.8) is 0 Å². The Hall–Kier alpha value is -1.89. The van der Waals surface area contributed by atoms with Gasteiger partial charge in [-0.25, -0.2) is 4.68 Å². The summed E-state index contributed by atoms with van der Waals surface area (Å²) in [5.74, 6) is 0. The molecule has 108 valence electrons. The van der Waals surface area contributed by atoms with Gasteiger partial charge in [0.25, 0.3) is 0 Å². The van der Waals surface area contributed by atoms with E-state index in [-0.39, 0.29) is 5.69 Å². The first-order valence-corrected chi connectivity index (χ1v) is 6.31. The summed E-state index contributed by atoms with van der Waals surface area (Å²) in [6.45, 7) is 3.22. The molecule has 0 saturated carbocycles. The second kappa shape index (κ2) is 6.04. The summed E-state index contributed by atoms with van der Waals surface area (Å²) < 4.78 is 40.2. The van der Waals surface area contributed by atoms with Gasteiger partial charge in [-0.05, 0) is 25.1 Å². The van der Waals surface area contributed by atoms with E-state index in [0.717, 1.165) is 19.0 Å². The van der Waals surface area contributed by atoms with Gasteiger partial charge in [-0.15, -0.1) is 5.10 Å². The van der Waals surface area contributed by atoms with Crippen LogP contribution in [0.25, 0.3) is 5.69 Å². The maximum absolute atomic E-state index is 13.0. The molecule has 0 fully saturated rings. The highest BCUT2D eigenvalue weighted by Gasteiger charge is 2.34. The average molecular weight is 284 g/mol. The molecule has 0 aliphatic carbocycles. The molecule has 7 heteroatoms. The number of hydrogen-bond donors (Lipinski definition) is 1. The number of benzene rings is 1. The van der Waals surface area contributed by atoms with Gasteiger partial charge in [-0.3, -0.25) is 0 Å². The van der Waals surface area contributed by atoms with Crippen molar-refractivity contribution in [2.75, 3.05) is 6.54 Å². The van der Waals surface area contributed by atoms with E-state index in [1.807, 2.05) is 6.92 Å². The van der Waals surface area contributed by atoms with Crippen molar-refractivity contribution in [2.24, 2.45) is 0 Å². The Morgan fingerprint density at radius 2 is 2.00 bits per heavy atom. The first kappa shape index (κ1) is 14.5. The molecule has 0 saturated heterocycles. The van der Waals surface area contributed by atoms with Gasteiger partial charge in [0, 0.05) is 6.54 Å². The monoisotopic (exact) mass is 284 g/mol. The van der Waals surface area contributed by atoms with Gasteiger partial charge >= 0.3 is 6.18 Å². The van der Waals surface area contributed by atoms with Crippen molar-refractivity contribution in [2.45, 2.75) is 26.1 Å². The molecule has 0 atom stereocenters. The summed E-state index contributed by atoms with van der Waals surface area (Å²) >= 11 is 0. The van der Waals surface area contributed by atoms with Crippen LogP contribution in [0.2, 0.25) is 0 Å². The van der Waals surface area contributed by atoms with E-state index in [2.05, 4.69) is 15.6 Å². The van der Waals surface area contributed by atoms with Gasteiger partial charge in [0.1, 0.15) is 0 Å². The second-order valence-electron chi connectivity index (χ2n) is 4.33. The minimum atomic E-state index is -4.42. The Bertz CT molecular complexity index is 563. The molecule has 0 spiro atoms. The molecule has 0 aliphatic heterocycles. The minimum absolute atomic E-state index is 0.00852.